The summed E-state index contributed by atoms with van der Waals surface area (Å²) >= 11 is 7.46. The first kappa shape index (κ1) is 17.4. The van der Waals surface area contributed by atoms with Crippen LogP contribution in [0.3, 0.4) is 0 Å². The van der Waals surface area contributed by atoms with Gasteiger partial charge < -0.3 is 4.90 Å². The average Bonchev–Trinajstić information content (AvgIpc) is 3.11. The average molecular weight is 389 g/mol. The molecule has 0 spiro atoms. The molecule has 4 rings (SSSR count). The third-order valence-corrected chi connectivity index (χ3v) is 5.63. The predicted octanol–water partition coefficient (Wildman–Crippen LogP) is 4.32. The number of benzene rings is 2. The molecule has 0 radical (unpaired) electrons. The van der Waals surface area contributed by atoms with Gasteiger partial charge in [0.1, 0.15) is 5.82 Å². The van der Waals surface area contributed by atoms with Crippen LogP contribution in [-0.4, -0.2) is 40.7 Å². The molecule has 0 N–H and O–H groups in total. The molecule has 26 heavy (non-hydrogen) atoms. The van der Waals surface area contributed by atoms with Gasteiger partial charge in [-0.05, 0) is 47.4 Å². The number of halogens is 2. The Bertz CT molecular complexity index is 875. The molecule has 2 aromatic carbocycles. The first-order valence-corrected chi connectivity index (χ1v) is 9.64. The Hall–Kier alpha value is -2.02. The molecule has 1 aromatic heterocycles. The standard InChI is InChI=1S/C19H18ClFN4S/c20-15-2-1-3-17(12-15)25-10-8-24(9-11-25)13-18-19(26-23-22-18)14-4-6-16(21)7-5-14/h1-7,12H,8-11,13H2. The molecule has 134 valence electrons. The topological polar surface area (TPSA) is 32.3 Å². The molecule has 0 saturated carbocycles. The van der Waals surface area contributed by atoms with E-state index in [1.807, 2.05) is 18.2 Å². The van der Waals surface area contributed by atoms with Crippen LogP contribution in [0.25, 0.3) is 10.4 Å². The fourth-order valence-corrected chi connectivity index (χ4v) is 4.04. The molecule has 0 unspecified atom stereocenters. The maximum Gasteiger partial charge on any atom is 0.123 e. The maximum absolute atomic E-state index is 13.2. The maximum atomic E-state index is 13.2. The third kappa shape index (κ3) is 3.87. The molecule has 1 fully saturated rings. The monoisotopic (exact) mass is 388 g/mol. The lowest BCUT2D eigenvalue weighted by Gasteiger charge is -2.35. The van der Waals surface area contributed by atoms with E-state index in [0.29, 0.717) is 0 Å². The Balaban J connectivity index is 1.41. The Labute approximate surface area is 161 Å². The first-order valence-electron chi connectivity index (χ1n) is 8.49. The van der Waals surface area contributed by atoms with E-state index in [9.17, 15) is 4.39 Å². The van der Waals surface area contributed by atoms with Crippen LogP contribution in [0.1, 0.15) is 5.69 Å². The van der Waals surface area contributed by atoms with Crippen molar-refractivity contribution in [1.29, 1.82) is 0 Å². The fraction of sp³-hybridized carbons (Fsp3) is 0.263. The number of anilines is 1. The summed E-state index contributed by atoms with van der Waals surface area (Å²) in [4.78, 5) is 5.75. The van der Waals surface area contributed by atoms with Crippen molar-refractivity contribution in [1.82, 2.24) is 14.5 Å². The van der Waals surface area contributed by atoms with Gasteiger partial charge in [-0.1, -0.05) is 34.3 Å². The lowest BCUT2D eigenvalue weighted by atomic mass is 10.1. The highest BCUT2D eigenvalue weighted by Crippen LogP contribution is 2.28. The summed E-state index contributed by atoms with van der Waals surface area (Å²) in [5.74, 6) is -0.232. The Morgan fingerprint density at radius 1 is 1.04 bits per heavy atom. The smallest absolute Gasteiger partial charge is 0.123 e. The van der Waals surface area contributed by atoms with Crippen molar-refractivity contribution < 1.29 is 4.39 Å². The van der Waals surface area contributed by atoms with Gasteiger partial charge >= 0.3 is 0 Å². The molecule has 0 amide bonds. The molecule has 0 bridgehead atoms. The van der Waals surface area contributed by atoms with Gasteiger partial charge in [0, 0.05) is 43.4 Å². The second-order valence-electron chi connectivity index (χ2n) is 6.30. The second-order valence-corrected chi connectivity index (χ2v) is 7.49. The van der Waals surface area contributed by atoms with Crippen molar-refractivity contribution in [3.05, 3.63) is 65.1 Å². The van der Waals surface area contributed by atoms with Crippen LogP contribution >= 0.6 is 23.1 Å². The van der Waals surface area contributed by atoms with Crippen LogP contribution < -0.4 is 4.90 Å². The number of aromatic nitrogens is 2. The summed E-state index contributed by atoms with van der Waals surface area (Å²) in [6.07, 6.45) is 0. The van der Waals surface area contributed by atoms with Crippen molar-refractivity contribution in [3.8, 4) is 10.4 Å². The zero-order valence-electron chi connectivity index (χ0n) is 14.1. The minimum absolute atomic E-state index is 0.232. The van der Waals surface area contributed by atoms with Gasteiger partial charge in [0.25, 0.3) is 0 Å². The molecule has 7 heteroatoms. The van der Waals surface area contributed by atoms with E-state index in [4.69, 9.17) is 11.6 Å². The van der Waals surface area contributed by atoms with E-state index in [1.54, 1.807) is 12.1 Å². The summed E-state index contributed by atoms with van der Waals surface area (Å²) in [6, 6.07) is 14.5. The Morgan fingerprint density at radius 3 is 2.54 bits per heavy atom. The van der Waals surface area contributed by atoms with Gasteiger partial charge in [-0.15, -0.1) is 5.10 Å². The second kappa shape index (κ2) is 7.70. The summed E-state index contributed by atoms with van der Waals surface area (Å²) in [5, 5.41) is 5.07. The van der Waals surface area contributed by atoms with Gasteiger partial charge in [0.15, 0.2) is 0 Å². The number of hydrogen-bond acceptors (Lipinski definition) is 5. The fourth-order valence-electron chi connectivity index (χ4n) is 3.18. The number of hydrogen-bond donors (Lipinski definition) is 0. The predicted molar refractivity (Wildman–Crippen MR) is 104 cm³/mol. The van der Waals surface area contributed by atoms with Crippen LogP contribution in [0.15, 0.2) is 48.5 Å². The normalized spacial score (nSPS) is 15.4. The lowest BCUT2D eigenvalue weighted by molar-refractivity contribution is 0.247. The van der Waals surface area contributed by atoms with Crippen LogP contribution in [0.4, 0.5) is 10.1 Å². The zero-order chi connectivity index (χ0) is 17.9. The molecule has 1 aliphatic heterocycles. The van der Waals surface area contributed by atoms with E-state index in [1.165, 1.54) is 29.4 Å². The van der Waals surface area contributed by atoms with E-state index in [0.717, 1.165) is 53.9 Å². The van der Waals surface area contributed by atoms with E-state index in [2.05, 4.69) is 25.5 Å². The van der Waals surface area contributed by atoms with Crippen LogP contribution in [0, 0.1) is 5.82 Å². The first-order chi connectivity index (χ1) is 12.7. The SMILES string of the molecule is Fc1ccc(-c2snnc2CN2CCN(c3cccc(Cl)c3)CC2)cc1. The van der Waals surface area contributed by atoms with E-state index in [-0.39, 0.29) is 5.82 Å². The molecule has 3 aromatic rings. The minimum Gasteiger partial charge on any atom is -0.369 e. The van der Waals surface area contributed by atoms with E-state index < -0.39 is 0 Å². The number of piperazine rings is 1. The summed E-state index contributed by atoms with van der Waals surface area (Å²) in [5.41, 5.74) is 3.09. The van der Waals surface area contributed by atoms with Gasteiger partial charge in [0.2, 0.25) is 0 Å². The van der Waals surface area contributed by atoms with Gasteiger partial charge in [-0.25, -0.2) is 4.39 Å². The molecular weight excluding hydrogens is 371 g/mol. The largest absolute Gasteiger partial charge is 0.369 e. The molecule has 0 atom stereocenters. The third-order valence-electron chi connectivity index (χ3n) is 4.58. The Morgan fingerprint density at radius 2 is 1.81 bits per heavy atom. The molecule has 1 aliphatic rings. The quantitative estimate of drug-likeness (QED) is 0.666. The van der Waals surface area contributed by atoms with Crippen LogP contribution in [0.2, 0.25) is 5.02 Å². The molecule has 4 nitrogen and oxygen atoms in total. The molecule has 2 heterocycles. The summed E-state index contributed by atoms with van der Waals surface area (Å²) in [6.45, 7) is 4.56. The highest BCUT2D eigenvalue weighted by molar-refractivity contribution is 7.09. The molecule has 0 aliphatic carbocycles. The van der Waals surface area contributed by atoms with Crippen molar-refractivity contribution in [3.63, 3.8) is 0 Å². The van der Waals surface area contributed by atoms with Gasteiger partial charge in [0.05, 0.1) is 10.6 Å². The minimum atomic E-state index is -0.232. The van der Waals surface area contributed by atoms with Crippen LogP contribution in [0.5, 0.6) is 0 Å². The van der Waals surface area contributed by atoms with Gasteiger partial charge in [-0.2, -0.15) is 0 Å². The molecule has 1 saturated heterocycles. The van der Waals surface area contributed by atoms with E-state index >= 15 is 0 Å². The van der Waals surface area contributed by atoms with Crippen LogP contribution in [-0.2, 0) is 6.54 Å². The highest BCUT2D eigenvalue weighted by Gasteiger charge is 2.20. The lowest BCUT2D eigenvalue weighted by Crippen LogP contribution is -2.46. The highest BCUT2D eigenvalue weighted by atomic mass is 35.5. The number of rotatable bonds is 4. The van der Waals surface area contributed by atoms with Crippen molar-refractivity contribution in [2.45, 2.75) is 6.54 Å². The van der Waals surface area contributed by atoms with Crippen molar-refractivity contribution in [2.24, 2.45) is 0 Å². The van der Waals surface area contributed by atoms with Crippen molar-refractivity contribution >= 4 is 28.8 Å². The molecular formula is C19H18ClFN4S. The summed E-state index contributed by atoms with van der Waals surface area (Å²) < 4.78 is 17.3. The van der Waals surface area contributed by atoms with Crippen molar-refractivity contribution in [2.75, 3.05) is 31.1 Å². The number of nitrogens with zero attached hydrogens (tertiary/aromatic N) is 4. The Kier molecular flexibility index (Phi) is 5.15. The van der Waals surface area contributed by atoms with Gasteiger partial charge in [-0.3, -0.25) is 4.90 Å². The summed E-state index contributed by atoms with van der Waals surface area (Å²) in [7, 11) is 0. The zero-order valence-corrected chi connectivity index (χ0v) is 15.7.